The zero-order valence-corrected chi connectivity index (χ0v) is 11.0. The van der Waals surface area contributed by atoms with Gasteiger partial charge in [0.25, 0.3) is 0 Å². The van der Waals surface area contributed by atoms with Crippen molar-refractivity contribution in [2.45, 2.75) is 51.6 Å². The maximum absolute atomic E-state index is 5.95. The molecule has 0 amide bonds. The van der Waals surface area contributed by atoms with Gasteiger partial charge in [0.15, 0.2) is 5.13 Å². The molecule has 0 atom stereocenters. The third-order valence-electron chi connectivity index (χ3n) is 3.38. The molecule has 1 aromatic heterocycles. The topological polar surface area (TPSA) is 42.2 Å². The van der Waals surface area contributed by atoms with Crippen molar-refractivity contribution in [3.63, 3.8) is 0 Å². The van der Waals surface area contributed by atoms with Crippen LogP contribution in [-0.2, 0) is 0 Å². The molecular formula is C12H21N3S. The van der Waals surface area contributed by atoms with Crippen molar-refractivity contribution in [3.05, 3.63) is 11.1 Å². The van der Waals surface area contributed by atoms with Gasteiger partial charge in [0.05, 0.1) is 5.69 Å². The molecule has 0 unspecified atom stereocenters. The average molecular weight is 239 g/mol. The SMILES string of the molecule is CCN(c1nc(C)cs1)C1CCC(N)CC1. The molecule has 2 rings (SSSR count). The van der Waals surface area contributed by atoms with Crippen molar-refractivity contribution in [1.82, 2.24) is 4.98 Å². The average Bonchev–Trinajstić information content (AvgIpc) is 2.69. The molecule has 0 saturated heterocycles. The monoisotopic (exact) mass is 239 g/mol. The van der Waals surface area contributed by atoms with E-state index >= 15 is 0 Å². The fraction of sp³-hybridized carbons (Fsp3) is 0.750. The van der Waals surface area contributed by atoms with E-state index in [0.717, 1.165) is 25.1 Å². The quantitative estimate of drug-likeness (QED) is 0.881. The van der Waals surface area contributed by atoms with Crippen LogP contribution in [0, 0.1) is 6.92 Å². The van der Waals surface area contributed by atoms with Crippen molar-refractivity contribution in [2.75, 3.05) is 11.4 Å². The first-order chi connectivity index (χ1) is 7.70. The summed E-state index contributed by atoms with van der Waals surface area (Å²) in [6.45, 7) is 5.32. The smallest absolute Gasteiger partial charge is 0.185 e. The van der Waals surface area contributed by atoms with Gasteiger partial charge in [-0.1, -0.05) is 0 Å². The number of aromatic nitrogens is 1. The minimum absolute atomic E-state index is 0.424. The van der Waals surface area contributed by atoms with Gasteiger partial charge < -0.3 is 10.6 Å². The van der Waals surface area contributed by atoms with Gasteiger partial charge >= 0.3 is 0 Å². The van der Waals surface area contributed by atoms with Gasteiger partial charge in [0, 0.05) is 24.0 Å². The Balaban J connectivity index is 2.05. The maximum Gasteiger partial charge on any atom is 0.185 e. The molecule has 1 aromatic rings. The summed E-state index contributed by atoms with van der Waals surface area (Å²) < 4.78 is 0. The van der Waals surface area contributed by atoms with Crippen molar-refractivity contribution < 1.29 is 0 Å². The van der Waals surface area contributed by atoms with Gasteiger partial charge in [-0.15, -0.1) is 11.3 Å². The van der Waals surface area contributed by atoms with Crippen molar-refractivity contribution in [1.29, 1.82) is 0 Å². The van der Waals surface area contributed by atoms with Crippen LogP contribution in [0.3, 0.4) is 0 Å². The molecule has 0 aliphatic heterocycles. The van der Waals surface area contributed by atoms with Gasteiger partial charge in [-0.05, 0) is 39.5 Å². The van der Waals surface area contributed by atoms with Crippen LogP contribution in [-0.4, -0.2) is 23.6 Å². The summed E-state index contributed by atoms with van der Waals surface area (Å²) in [4.78, 5) is 7.04. The van der Waals surface area contributed by atoms with E-state index in [4.69, 9.17) is 5.73 Å². The summed E-state index contributed by atoms with van der Waals surface area (Å²) in [6, 6.07) is 1.07. The highest BCUT2D eigenvalue weighted by Gasteiger charge is 2.24. The number of hydrogen-bond acceptors (Lipinski definition) is 4. The fourth-order valence-corrected chi connectivity index (χ4v) is 3.38. The molecule has 2 N–H and O–H groups in total. The third-order valence-corrected chi connectivity index (χ3v) is 4.37. The van der Waals surface area contributed by atoms with Gasteiger partial charge in [-0.2, -0.15) is 0 Å². The molecule has 1 fully saturated rings. The first-order valence-electron chi connectivity index (χ1n) is 6.15. The first kappa shape index (κ1) is 11.9. The highest BCUT2D eigenvalue weighted by molar-refractivity contribution is 7.13. The van der Waals surface area contributed by atoms with E-state index in [9.17, 15) is 0 Å². The summed E-state index contributed by atoms with van der Waals surface area (Å²) in [5.74, 6) is 0. The molecule has 3 nitrogen and oxygen atoms in total. The lowest BCUT2D eigenvalue weighted by Gasteiger charge is -2.35. The van der Waals surface area contributed by atoms with Crippen molar-refractivity contribution in [3.8, 4) is 0 Å². The number of thiazole rings is 1. The Morgan fingerprint density at radius 1 is 1.44 bits per heavy atom. The molecule has 1 heterocycles. The molecule has 4 heteroatoms. The maximum atomic E-state index is 5.95. The second kappa shape index (κ2) is 5.15. The molecule has 1 aliphatic rings. The van der Waals surface area contributed by atoms with Crippen molar-refractivity contribution in [2.24, 2.45) is 5.73 Å². The molecule has 0 bridgehead atoms. The Bertz CT molecular complexity index is 329. The zero-order valence-electron chi connectivity index (χ0n) is 10.1. The lowest BCUT2D eigenvalue weighted by molar-refractivity contribution is 0.378. The van der Waals surface area contributed by atoms with Gasteiger partial charge in [-0.3, -0.25) is 0 Å². The molecule has 16 heavy (non-hydrogen) atoms. The summed E-state index contributed by atoms with van der Waals surface area (Å²) in [7, 11) is 0. The van der Waals surface area contributed by atoms with E-state index in [1.807, 2.05) is 0 Å². The van der Waals surface area contributed by atoms with Crippen LogP contribution in [0.2, 0.25) is 0 Å². The standard InChI is InChI=1S/C12H21N3S/c1-3-15(12-14-9(2)8-16-12)11-6-4-10(13)5-7-11/h8,10-11H,3-7,13H2,1-2H3. The zero-order chi connectivity index (χ0) is 11.5. The van der Waals surface area contributed by atoms with E-state index in [-0.39, 0.29) is 0 Å². The van der Waals surface area contributed by atoms with Crippen LogP contribution in [0.4, 0.5) is 5.13 Å². The van der Waals surface area contributed by atoms with E-state index in [0.29, 0.717) is 12.1 Å². The second-order valence-electron chi connectivity index (χ2n) is 4.63. The third kappa shape index (κ3) is 2.55. The lowest BCUT2D eigenvalue weighted by Crippen LogP contribution is -2.40. The Kier molecular flexibility index (Phi) is 3.82. The van der Waals surface area contributed by atoms with Crippen LogP contribution in [0.5, 0.6) is 0 Å². The molecular weight excluding hydrogens is 218 g/mol. The van der Waals surface area contributed by atoms with Crippen LogP contribution >= 0.6 is 11.3 Å². The highest BCUT2D eigenvalue weighted by atomic mass is 32.1. The fourth-order valence-electron chi connectivity index (χ4n) is 2.44. The Morgan fingerprint density at radius 2 is 2.12 bits per heavy atom. The number of aryl methyl sites for hydroxylation is 1. The van der Waals surface area contributed by atoms with Gasteiger partial charge in [0.2, 0.25) is 0 Å². The van der Waals surface area contributed by atoms with Crippen LogP contribution in [0.25, 0.3) is 0 Å². The van der Waals surface area contributed by atoms with Gasteiger partial charge in [-0.25, -0.2) is 4.98 Å². The Labute approximate surface area is 102 Å². The molecule has 1 aliphatic carbocycles. The highest BCUT2D eigenvalue weighted by Crippen LogP contribution is 2.28. The van der Waals surface area contributed by atoms with E-state index in [1.165, 1.54) is 18.0 Å². The van der Waals surface area contributed by atoms with Crippen LogP contribution in [0.1, 0.15) is 38.3 Å². The van der Waals surface area contributed by atoms with Gasteiger partial charge in [0.1, 0.15) is 0 Å². The number of anilines is 1. The Hall–Kier alpha value is -0.610. The summed E-state index contributed by atoms with van der Waals surface area (Å²) >= 11 is 1.76. The largest absolute Gasteiger partial charge is 0.345 e. The minimum atomic E-state index is 0.424. The summed E-state index contributed by atoms with van der Waals surface area (Å²) in [5.41, 5.74) is 7.08. The summed E-state index contributed by atoms with van der Waals surface area (Å²) in [5, 5.41) is 3.31. The predicted octanol–water partition coefficient (Wildman–Crippen LogP) is 2.55. The number of nitrogens with zero attached hydrogens (tertiary/aromatic N) is 2. The first-order valence-corrected chi connectivity index (χ1v) is 7.03. The normalized spacial score (nSPS) is 25.7. The number of hydrogen-bond donors (Lipinski definition) is 1. The number of nitrogens with two attached hydrogens (primary N) is 1. The molecule has 0 aromatic carbocycles. The molecule has 1 saturated carbocycles. The second-order valence-corrected chi connectivity index (χ2v) is 5.46. The van der Waals surface area contributed by atoms with Crippen molar-refractivity contribution >= 4 is 16.5 Å². The van der Waals surface area contributed by atoms with Crippen LogP contribution in [0.15, 0.2) is 5.38 Å². The lowest BCUT2D eigenvalue weighted by atomic mass is 9.91. The minimum Gasteiger partial charge on any atom is -0.345 e. The Morgan fingerprint density at radius 3 is 2.62 bits per heavy atom. The predicted molar refractivity (Wildman–Crippen MR) is 70.1 cm³/mol. The molecule has 0 radical (unpaired) electrons. The summed E-state index contributed by atoms with van der Waals surface area (Å²) in [6.07, 6.45) is 4.75. The van der Waals surface area contributed by atoms with E-state index < -0.39 is 0 Å². The van der Waals surface area contributed by atoms with E-state index in [2.05, 4.69) is 29.1 Å². The van der Waals surface area contributed by atoms with Crippen LogP contribution < -0.4 is 10.6 Å². The number of rotatable bonds is 3. The van der Waals surface area contributed by atoms with E-state index in [1.54, 1.807) is 11.3 Å². The molecule has 90 valence electrons. The molecule has 0 spiro atoms.